The SMILES string of the molecule is CC(C)CCC(=O)N[C@H]1[C@H]([C@H](O)[C@H](O)CO)OC(C(=O)O)=C[C@@H]1NC(=N)N. The van der Waals surface area contributed by atoms with E-state index in [0.29, 0.717) is 6.42 Å². The van der Waals surface area contributed by atoms with Crippen molar-refractivity contribution in [2.45, 2.75) is 57.1 Å². The van der Waals surface area contributed by atoms with Crippen LogP contribution in [-0.2, 0) is 14.3 Å². The third kappa shape index (κ3) is 6.70. The highest BCUT2D eigenvalue weighted by Crippen LogP contribution is 2.23. The first-order chi connectivity index (χ1) is 12.6. The van der Waals surface area contributed by atoms with Crippen LogP contribution in [0, 0.1) is 11.3 Å². The van der Waals surface area contributed by atoms with E-state index < -0.39 is 54.7 Å². The zero-order chi connectivity index (χ0) is 20.7. The number of amides is 1. The Kier molecular flexibility index (Phi) is 8.47. The molecular weight excluding hydrogens is 360 g/mol. The highest BCUT2D eigenvalue weighted by atomic mass is 16.5. The van der Waals surface area contributed by atoms with Gasteiger partial charge in [-0.3, -0.25) is 10.2 Å². The summed E-state index contributed by atoms with van der Waals surface area (Å²) in [6.07, 6.45) is -2.83. The number of carboxylic acid groups (broad SMARTS) is 1. The Bertz CT molecular complexity index is 581. The van der Waals surface area contributed by atoms with E-state index in [2.05, 4.69) is 10.6 Å². The molecule has 0 aromatic carbocycles. The minimum Gasteiger partial charge on any atom is -0.478 e. The molecule has 1 heterocycles. The molecule has 0 saturated carbocycles. The van der Waals surface area contributed by atoms with Crippen molar-refractivity contribution < 1.29 is 34.8 Å². The Labute approximate surface area is 156 Å². The predicted molar refractivity (Wildman–Crippen MR) is 94.5 cm³/mol. The second-order valence-electron chi connectivity index (χ2n) is 6.77. The fourth-order valence-corrected chi connectivity index (χ4v) is 2.62. The quantitative estimate of drug-likeness (QED) is 0.160. The number of carboxylic acids is 1. The molecule has 1 aliphatic rings. The van der Waals surface area contributed by atoms with Gasteiger partial charge < -0.3 is 41.5 Å². The summed E-state index contributed by atoms with van der Waals surface area (Å²) in [5.74, 6) is -2.57. The third-order valence-electron chi connectivity index (χ3n) is 4.06. The van der Waals surface area contributed by atoms with Crippen molar-refractivity contribution >= 4 is 17.8 Å². The fourth-order valence-electron chi connectivity index (χ4n) is 2.62. The average Bonchev–Trinajstić information content (AvgIpc) is 2.59. The lowest BCUT2D eigenvalue weighted by atomic mass is 9.91. The highest BCUT2D eigenvalue weighted by molar-refractivity contribution is 5.85. The molecule has 0 bridgehead atoms. The van der Waals surface area contributed by atoms with Gasteiger partial charge in [0.2, 0.25) is 11.7 Å². The Hall–Kier alpha value is -2.37. The maximum absolute atomic E-state index is 12.3. The number of aliphatic hydroxyl groups is 3. The molecule has 1 aliphatic heterocycles. The van der Waals surface area contributed by atoms with Crippen LogP contribution >= 0.6 is 0 Å². The van der Waals surface area contributed by atoms with Crippen molar-refractivity contribution in [1.82, 2.24) is 10.6 Å². The summed E-state index contributed by atoms with van der Waals surface area (Å²) in [6, 6.07) is -2.04. The van der Waals surface area contributed by atoms with Gasteiger partial charge in [0.15, 0.2) is 5.96 Å². The van der Waals surface area contributed by atoms with Gasteiger partial charge in [0.25, 0.3) is 0 Å². The summed E-state index contributed by atoms with van der Waals surface area (Å²) in [5, 5.41) is 50.8. The second-order valence-corrected chi connectivity index (χ2v) is 6.77. The van der Waals surface area contributed by atoms with Gasteiger partial charge in [-0.25, -0.2) is 4.79 Å². The molecule has 5 atom stereocenters. The number of hydrogen-bond acceptors (Lipinski definition) is 7. The maximum Gasteiger partial charge on any atom is 0.370 e. The molecule has 9 N–H and O–H groups in total. The molecule has 27 heavy (non-hydrogen) atoms. The first-order valence-corrected chi connectivity index (χ1v) is 8.55. The van der Waals surface area contributed by atoms with Crippen LogP contribution in [-0.4, -0.2) is 75.3 Å². The molecule has 154 valence electrons. The van der Waals surface area contributed by atoms with Crippen molar-refractivity contribution in [3.05, 3.63) is 11.8 Å². The number of nitrogens with one attached hydrogen (secondary N) is 3. The number of carbonyl (C=O) groups is 2. The zero-order valence-corrected chi connectivity index (χ0v) is 15.3. The maximum atomic E-state index is 12.3. The van der Waals surface area contributed by atoms with E-state index >= 15 is 0 Å². The molecule has 0 aromatic heterocycles. The Balaban J connectivity index is 3.16. The minimum atomic E-state index is -1.70. The Morgan fingerprint density at radius 2 is 1.96 bits per heavy atom. The zero-order valence-electron chi connectivity index (χ0n) is 15.3. The molecule has 0 aliphatic carbocycles. The van der Waals surface area contributed by atoms with Crippen LogP contribution in [0.3, 0.4) is 0 Å². The van der Waals surface area contributed by atoms with Crippen molar-refractivity contribution in [2.75, 3.05) is 6.61 Å². The lowest BCUT2D eigenvalue weighted by molar-refractivity contribution is -0.146. The van der Waals surface area contributed by atoms with Gasteiger partial charge in [0.05, 0.1) is 18.7 Å². The Morgan fingerprint density at radius 3 is 2.44 bits per heavy atom. The first kappa shape index (κ1) is 22.7. The van der Waals surface area contributed by atoms with Crippen LogP contribution < -0.4 is 16.4 Å². The third-order valence-corrected chi connectivity index (χ3v) is 4.06. The molecule has 0 radical (unpaired) electrons. The van der Waals surface area contributed by atoms with E-state index in [-0.39, 0.29) is 18.2 Å². The molecule has 1 rings (SSSR count). The topological polar surface area (TPSA) is 198 Å². The van der Waals surface area contributed by atoms with Crippen LogP contribution in [0.1, 0.15) is 26.7 Å². The van der Waals surface area contributed by atoms with E-state index in [9.17, 15) is 24.9 Å². The number of ether oxygens (including phenoxy) is 1. The number of rotatable bonds is 9. The first-order valence-electron chi connectivity index (χ1n) is 8.55. The normalized spacial score (nSPS) is 24.4. The van der Waals surface area contributed by atoms with Crippen molar-refractivity contribution in [2.24, 2.45) is 11.7 Å². The van der Waals surface area contributed by atoms with Crippen molar-refractivity contribution in [3.8, 4) is 0 Å². The van der Waals surface area contributed by atoms with Gasteiger partial charge in [-0.15, -0.1) is 0 Å². The van der Waals surface area contributed by atoms with E-state index in [4.69, 9.17) is 21.0 Å². The van der Waals surface area contributed by atoms with Crippen molar-refractivity contribution in [3.63, 3.8) is 0 Å². The van der Waals surface area contributed by atoms with Gasteiger partial charge in [0, 0.05) is 6.42 Å². The van der Waals surface area contributed by atoms with Gasteiger partial charge in [-0.05, 0) is 18.4 Å². The van der Waals surface area contributed by atoms with Crippen LogP contribution in [0.5, 0.6) is 0 Å². The summed E-state index contributed by atoms with van der Waals surface area (Å²) >= 11 is 0. The van der Waals surface area contributed by atoms with Crippen LogP contribution in [0.2, 0.25) is 0 Å². The van der Waals surface area contributed by atoms with Crippen LogP contribution in [0.25, 0.3) is 0 Å². The van der Waals surface area contributed by atoms with Crippen LogP contribution in [0.15, 0.2) is 11.8 Å². The largest absolute Gasteiger partial charge is 0.478 e. The second kappa shape index (κ2) is 10.1. The van der Waals surface area contributed by atoms with E-state index in [1.807, 2.05) is 13.8 Å². The van der Waals surface area contributed by atoms with E-state index in [0.717, 1.165) is 6.08 Å². The van der Waals surface area contributed by atoms with Crippen LogP contribution in [0.4, 0.5) is 0 Å². The minimum absolute atomic E-state index is 0.182. The Morgan fingerprint density at radius 1 is 1.33 bits per heavy atom. The van der Waals surface area contributed by atoms with Crippen molar-refractivity contribution in [1.29, 1.82) is 5.41 Å². The number of guanidine groups is 1. The lowest BCUT2D eigenvalue weighted by Gasteiger charge is -2.40. The standard InChI is InChI=1S/C16H28N4O7/c1-7(2)3-4-11(23)20-12-8(19-16(17)18)5-10(15(25)26)27-14(12)13(24)9(22)6-21/h5,7-9,12-14,21-22,24H,3-4,6H2,1-2H3,(H,20,23)(H,25,26)(H4,17,18,19)/t8-,9+,12+,13+,14+/m0/s1. The summed E-state index contributed by atoms with van der Waals surface area (Å²) in [5.41, 5.74) is 5.33. The summed E-state index contributed by atoms with van der Waals surface area (Å²) in [6.45, 7) is 3.10. The van der Waals surface area contributed by atoms with Gasteiger partial charge in [-0.2, -0.15) is 0 Å². The molecule has 11 nitrogen and oxygen atoms in total. The van der Waals surface area contributed by atoms with Gasteiger partial charge >= 0.3 is 5.97 Å². The summed E-state index contributed by atoms with van der Waals surface area (Å²) in [7, 11) is 0. The molecule has 0 aromatic rings. The lowest BCUT2D eigenvalue weighted by Crippen LogP contribution is -2.64. The molecular formula is C16H28N4O7. The molecule has 0 fully saturated rings. The highest BCUT2D eigenvalue weighted by Gasteiger charge is 2.44. The number of aliphatic hydroxyl groups excluding tert-OH is 3. The summed E-state index contributed by atoms with van der Waals surface area (Å²) in [4.78, 5) is 23.6. The number of aliphatic carboxylic acids is 1. The average molecular weight is 388 g/mol. The van der Waals surface area contributed by atoms with Gasteiger partial charge in [-0.1, -0.05) is 13.8 Å². The number of hydrogen-bond donors (Lipinski definition) is 8. The van der Waals surface area contributed by atoms with E-state index in [1.165, 1.54) is 0 Å². The summed E-state index contributed by atoms with van der Waals surface area (Å²) < 4.78 is 5.26. The molecule has 1 amide bonds. The molecule has 0 unspecified atom stereocenters. The smallest absolute Gasteiger partial charge is 0.370 e. The molecule has 0 saturated heterocycles. The predicted octanol–water partition coefficient (Wildman–Crippen LogP) is -2.16. The molecule has 11 heteroatoms. The fraction of sp³-hybridized carbons (Fsp3) is 0.688. The monoisotopic (exact) mass is 388 g/mol. The van der Waals surface area contributed by atoms with Gasteiger partial charge in [0.1, 0.15) is 18.3 Å². The number of carbonyl (C=O) groups excluding carboxylic acids is 1. The number of nitrogens with two attached hydrogens (primary N) is 1. The molecule has 0 spiro atoms. The van der Waals surface area contributed by atoms with E-state index in [1.54, 1.807) is 0 Å².